The van der Waals surface area contributed by atoms with Gasteiger partial charge in [0, 0.05) is 36.0 Å². The predicted molar refractivity (Wildman–Crippen MR) is 142 cm³/mol. The molecule has 2 aromatic carbocycles. The van der Waals surface area contributed by atoms with Crippen LogP contribution in [0.2, 0.25) is 5.02 Å². The highest BCUT2D eigenvalue weighted by Crippen LogP contribution is 2.47. The van der Waals surface area contributed by atoms with Gasteiger partial charge in [-0.25, -0.2) is 4.39 Å². The van der Waals surface area contributed by atoms with Gasteiger partial charge in [0.05, 0.1) is 29.1 Å². The quantitative estimate of drug-likeness (QED) is 0.473. The van der Waals surface area contributed by atoms with E-state index >= 15 is 0 Å². The number of aliphatic hydroxyl groups is 1. The van der Waals surface area contributed by atoms with Gasteiger partial charge in [-0.15, -0.1) is 0 Å². The number of methoxy groups -OCH3 is 1. The van der Waals surface area contributed by atoms with Gasteiger partial charge < -0.3 is 20.1 Å². The third-order valence-electron chi connectivity index (χ3n) is 7.62. The zero-order valence-corrected chi connectivity index (χ0v) is 22.0. The molecule has 198 valence electrons. The molecule has 0 radical (unpaired) electrons. The highest BCUT2D eigenvalue weighted by molar-refractivity contribution is 6.30. The molecule has 38 heavy (non-hydrogen) atoms. The number of benzene rings is 2. The van der Waals surface area contributed by atoms with Crippen LogP contribution in [0, 0.1) is 18.7 Å². The Morgan fingerprint density at radius 1 is 1.18 bits per heavy atom. The number of amides is 2. The van der Waals surface area contributed by atoms with E-state index in [2.05, 4.69) is 10.3 Å². The molecule has 1 aromatic heterocycles. The summed E-state index contributed by atoms with van der Waals surface area (Å²) in [6.07, 6.45) is 4.55. The number of aromatic nitrogens is 1. The molecule has 1 aliphatic carbocycles. The number of ether oxygens (including phenoxy) is 1. The lowest BCUT2D eigenvalue weighted by molar-refractivity contribution is -0.132. The van der Waals surface area contributed by atoms with Gasteiger partial charge in [0.1, 0.15) is 11.6 Å². The van der Waals surface area contributed by atoms with E-state index in [0.29, 0.717) is 39.8 Å². The minimum atomic E-state index is -2.12. The predicted octanol–water partition coefficient (Wildman–Crippen LogP) is 4.76. The van der Waals surface area contributed by atoms with Gasteiger partial charge >= 0.3 is 0 Å². The molecular weight excluding hydrogens is 509 g/mol. The van der Waals surface area contributed by atoms with Crippen LogP contribution in [-0.4, -0.2) is 41.6 Å². The molecule has 1 saturated carbocycles. The zero-order valence-electron chi connectivity index (χ0n) is 21.2. The average molecular weight is 538 g/mol. The largest absolute Gasteiger partial charge is 0.497 e. The monoisotopic (exact) mass is 537 g/mol. The molecule has 2 aliphatic rings. The lowest BCUT2D eigenvalue weighted by Crippen LogP contribution is -2.45. The molecule has 1 atom stereocenters. The minimum absolute atomic E-state index is 0.00543. The highest BCUT2D eigenvalue weighted by Gasteiger charge is 2.52. The topological polar surface area (TPSA) is 91.8 Å². The summed E-state index contributed by atoms with van der Waals surface area (Å²) < 4.78 is 20.2. The molecule has 1 fully saturated rings. The van der Waals surface area contributed by atoms with Crippen molar-refractivity contribution in [1.29, 1.82) is 0 Å². The van der Waals surface area contributed by atoms with Crippen molar-refractivity contribution in [2.45, 2.75) is 44.2 Å². The maximum atomic E-state index is 14.8. The Balaban J connectivity index is 1.32. The fraction of sp³-hybridized carbons (Fsp3) is 0.345. The summed E-state index contributed by atoms with van der Waals surface area (Å²) in [6, 6.07) is 12.4. The first-order valence-corrected chi connectivity index (χ1v) is 13.0. The summed E-state index contributed by atoms with van der Waals surface area (Å²) in [5.41, 5.74) is -0.277. The Labute approximate surface area is 225 Å². The number of hydrogen-bond donors (Lipinski definition) is 2. The normalized spacial score (nSPS) is 22.8. The van der Waals surface area contributed by atoms with E-state index in [-0.39, 0.29) is 23.4 Å². The summed E-state index contributed by atoms with van der Waals surface area (Å²) in [5, 5.41) is 15.2. The number of nitrogens with zero attached hydrogens (tertiary/aromatic N) is 2. The first-order valence-electron chi connectivity index (χ1n) is 12.6. The summed E-state index contributed by atoms with van der Waals surface area (Å²) in [6.45, 7) is 2.14. The first-order chi connectivity index (χ1) is 18.2. The number of pyridine rings is 1. The van der Waals surface area contributed by atoms with Gasteiger partial charge in [0.25, 0.3) is 11.8 Å². The SMILES string of the molecule is COc1ccc2c(c1)N(CC1CCC(NC(=O)c3cc(Cl)cnc3C)CC1)C(=O)C2(O)c1ccccc1F. The Hall–Kier alpha value is -3.49. The van der Waals surface area contributed by atoms with Gasteiger partial charge in [-0.1, -0.05) is 29.8 Å². The molecular formula is C29H29ClFN3O4. The average Bonchev–Trinajstić information content (AvgIpc) is 3.13. The van der Waals surface area contributed by atoms with Crippen molar-refractivity contribution in [2.75, 3.05) is 18.6 Å². The summed E-state index contributed by atoms with van der Waals surface area (Å²) in [7, 11) is 1.53. The van der Waals surface area contributed by atoms with E-state index in [0.717, 1.165) is 25.7 Å². The van der Waals surface area contributed by atoms with Crippen LogP contribution in [0.5, 0.6) is 5.75 Å². The Bertz CT molecular complexity index is 1390. The van der Waals surface area contributed by atoms with E-state index < -0.39 is 17.3 Å². The van der Waals surface area contributed by atoms with Crippen molar-refractivity contribution in [2.24, 2.45) is 5.92 Å². The molecule has 7 nitrogen and oxygen atoms in total. The van der Waals surface area contributed by atoms with Gasteiger partial charge in [0.15, 0.2) is 5.60 Å². The van der Waals surface area contributed by atoms with Crippen molar-refractivity contribution in [3.8, 4) is 5.75 Å². The Morgan fingerprint density at radius 2 is 1.92 bits per heavy atom. The van der Waals surface area contributed by atoms with Crippen molar-refractivity contribution >= 4 is 29.1 Å². The van der Waals surface area contributed by atoms with Crippen molar-refractivity contribution < 1.29 is 23.8 Å². The van der Waals surface area contributed by atoms with Crippen molar-refractivity contribution in [1.82, 2.24) is 10.3 Å². The van der Waals surface area contributed by atoms with Gasteiger partial charge in [-0.3, -0.25) is 14.6 Å². The van der Waals surface area contributed by atoms with Crippen LogP contribution in [0.4, 0.5) is 10.1 Å². The van der Waals surface area contributed by atoms with Crippen LogP contribution < -0.4 is 15.0 Å². The van der Waals surface area contributed by atoms with Gasteiger partial charge in [-0.05, 0) is 62.8 Å². The fourth-order valence-corrected chi connectivity index (χ4v) is 5.69. The van der Waals surface area contributed by atoms with Crippen LogP contribution in [0.1, 0.15) is 52.9 Å². The first kappa shape index (κ1) is 26.1. The highest BCUT2D eigenvalue weighted by atomic mass is 35.5. The van der Waals surface area contributed by atoms with E-state index in [1.165, 1.54) is 31.5 Å². The third-order valence-corrected chi connectivity index (χ3v) is 7.83. The molecule has 5 rings (SSSR count). The number of nitrogens with one attached hydrogen (secondary N) is 1. The summed E-state index contributed by atoms with van der Waals surface area (Å²) in [5.74, 6) is -0.745. The molecule has 0 spiro atoms. The van der Waals surface area contributed by atoms with Crippen LogP contribution in [0.15, 0.2) is 54.7 Å². The standard InChI is InChI=1S/C29H29ClFN3O4/c1-17-22(13-19(30)15-32-17)27(35)33-20-9-7-18(8-10-20)16-34-26-14-21(38-2)11-12-24(26)29(37,28(34)36)23-5-3-4-6-25(23)31/h3-6,11-15,18,20,37H,7-10,16H2,1-2H3,(H,33,35). The molecule has 2 heterocycles. The second-order valence-electron chi connectivity index (χ2n) is 9.97. The Morgan fingerprint density at radius 3 is 2.63 bits per heavy atom. The summed E-state index contributed by atoms with van der Waals surface area (Å²) >= 11 is 6.02. The number of carbonyl (C=O) groups excluding carboxylic acids is 2. The molecule has 2 N–H and O–H groups in total. The maximum Gasteiger partial charge on any atom is 0.268 e. The van der Waals surface area contributed by atoms with Crippen LogP contribution in [-0.2, 0) is 10.4 Å². The third kappa shape index (κ3) is 4.63. The van der Waals surface area contributed by atoms with Crippen LogP contribution in [0.25, 0.3) is 0 Å². The molecule has 0 bridgehead atoms. The van der Waals surface area contributed by atoms with Crippen molar-refractivity contribution in [3.63, 3.8) is 0 Å². The molecule has 1 unspecified atom stereocenters. The van der Waals surface area contributed by atoms with Crippen LogP contribution >= 0.6 is 11.6 Å². The van der Waals surface area contributed by atoms with Gasteiger partial charge in [-0.2, -0.15) is 0 Å². The molecule has 9 heteroatoms. The van der Waals surface area contributed by atoms with E-state index in [1.807, 2.05) is 0 Å². The zero-order chi connectivity index (χ0) is 27.0. The second kappa shape index (κ2) is 10.3. The van der Waals surface area contributed by atoms with E-state index in [4.69, 9.17) is 16.3 Å². The summed E-state index contributed by atoms with van der Waals surface area (Å²) in [4.78, 5) is 32.2. The molecule has 0 saturated heterocycles. The number of rotatable bonds is 6. The number of hydrogen-bond acceptors (Lipinski definition) is 5. The smallest absolute Gasteiger partial charge is 0.268 e. The molecule has 1 aliphatic heterocycles. The molecule has 2 amide bonds. The van der Waals surface area contributed by atoms with E-state index in [9.17, 15) is 19.1 Å². The number of carbonyl (C=O) groups is 2. The maximum absolute atomic E-state index is 14.8. The minimum Gasteiger partial charge on any atom is -0.497 e. The molecule has 3 aromatic rings. The number of fused-ring (bicyclic) bond motifs is 1. The number of halogens is 2. The second-order valence-corrected chi connectivity index (χ2v) is 10.4. The number of anilines is 1. The lowest BCUT2D eigenvalue weighted by atomic mass is 9.85. The fourth-order valence-electron chi connectivity index (χ4n) is 5.53. The van der Waals surface area contributed by atoms with Crippen molar-refractivity contribution in [3.05, 3.63) is 88.0 Å². The Kier molecular flexibility index (Phi) is 7.11. The lowest BCUT2D eigenvalue weighted by Gasteiger charge is -2.32. The van der Waals surface area contributed by atoms with Gasteiger partial charge in [0.2, 0.25) is 0 Å². The van der Waals surface area contributed by atoms with E-state index in [1.54, 1.807) is 42.2 Å². The van der Waals surface area contributed by atoms with Crippen LogP contribution in [0.3, 0.4) is 0 Å². The number of aryl methyl sites for hydroxylation is 1.